The molecule has 2 aromatic rings. The van der Waals surface area contributed by atoms with Crippen LogP contribution >= 0.6 is 15.9 Å². The summed E-state index contributed by atoms with van der Waals surface area (Å²) < 4.78 is 24.7. The lowest BCUT2D eigenvalue weighted by molar-refractivity contribution is 0.160. The lowest BCUT2D eigenvalue weighted by Gasteiger charge is -2.16. The predicted octanol–water partition coefficient (Wildman–Crippen LogP) is 4.00. The fourth-order valence-electron chi connectivity index (χ4n) is 1.80. The second-order valence-corrected chi connectivity index (χ2v) is 5.50. The number of anilines is 1. The van der Waals surface area contributed by atoms with E-state index in [1.54, 1.807) is 43.3 Å². The Morgan fingerprint density at radius 1 is 1.26 bits per heavy atom. The lowest BCUT2D eigenvalue weighted by atomic mass is 10.2. The number of nitrogens with two attached hydrogens (primary N) is 1. The zero-order chi connectivity index (χ0) is 16.8. The Kier molecular flexibility index (Phi) is 5.95. The third-order valence-electron chi connectivity index (χ3n) is 2.99. The van der Waals surface area contributed by atoms with E-state index in [2.05, 4.69) is 15.9 Å². The average Bonchev–Trinajstić information content (AvgIpc) is 2.54. The zero-order valence-electron chi connectivity index (χ0n) is 12.5. The molecule has 23 heavy (non-hydrogen) atoms. The van der Waals surface area contributed by atoms with Gasteiger partial charge >= 0.3 is 6.09 Å². The minimum absolute atomic E-state index is 0.0999. The summed E-state index contributed by atoms with van der Waals surface area (Å²) in [5.74, 6) is 5.83. The molecule has 0 saturated heterocycles. The number of benzene rings is 2. The van der Waals surface area contributed by atoms with Gasteiger partial charge in [-0.3, -0.25) is 0 Å². The summed E-state index contributed by atoms with van der Waals surface area (Å²) in [7, 11) is 0. The molecule has 0 unspecified atom stereocenters. The van der Waals surface area contributed by atoms with Crippen LogP contribution < -0.4 is 15.6 Å². The quantitative estimate of drug-likeness (QED) is 0.482. The number of hydrogen-bond acceptors (Lipinski definition) is 4. The van der Waals surface area contributed by atoms with Crippen molar-refractivity contribution in [2.24, 2.45) is 5.84 Å². The van der Waals surface area contributed by atoms with Crippen molar-refractivity contribution in [2.75, 3.05) is 11.6 Å². The summed E-state index contributed by atoms with van der Waals surface area (Å²) in [5, 5.41) is 0.904. The van der Waals surface area contributed by atoms with Crippen LogP contribution in [0.3, 0.4) is 0 Å². The van der Waals surface area contributed by atoms with Crippen molar-refractivity contribution in [3.63, 3.8) is 0 Å². The maximum atomic E-state index is 13.7. The minimum atomic E-state index is -0.641. The van der Waals surface area contributed by atoms with E-state index in [1.165, 1.54) is 6.07 Å². The van der Waals surface area contributed by atoms with Crippen molar-refractivity contribution in [3.05, 3.63) is 58.3 Å². The van der Waals surface area contributed by atoms with Gasteiger partial charge in [-0.05, 0) is 43.3 Å². The molecule has 5 nitrogen and oxygen atoms in total. The van der Waals surface area contributed by atoms with E-state index in [0.717, 1.165) is 5.01 Å². The first kappa shape index (κ1) is 17.2. The summed E-state index contributed by atoms with van der Waals surface area (Å²) in [6.07, 6.45) is -0.641. The molecule has 0 bridgehead atoms. The maximum Gasteiger partial charge on any atom is 0.428 e. The van der Waals surface area contributed by atoms with Gasteiger partial charge in [0.05, 0.1) is 12.3 Å². The summed E-state index contributed by atoms with van der Waals surface area (Å²) in [6, 6.07) is 11.3. The van der Waals surface area contributed by atoms with E-state index >= 15 is 0 Å². The average molecular weight is 383 g/mol. The highest BCUT2D eigenvalue weighted by molar-refractivity contribution is 9.10. The van der Waals surface area contributed by atoms with Gasteiger partial charge in [0.15, 0.2) is 0 Å². The van der Waals surface area contributed by atoms with Gasteiger partial charge in [0.2, 0.25) is 0 Å². The smallest absolute Gasteiger partial charge is 0.428 e. The van der Waals surface area contributed by atoms with Crippen LogP contribution in [0, 0.1) is 5.82 Å². The van der Waals surface area contributed by atoms with Crippen LogP contribution in [0.1, 0.15) is 12.5 Å². The van der Waals surface area contributed by atoms with Crippen LogP contribution in [0.15, 0.2) is 46.9 Å². The molecular formula is C16H16BrFN2O3. The van der Waals surface area contributed by atoms with Gasteiger partial charge in [0, 0.05) is 10.0 Å². The molecule has 0 saturated carbocycles. The lowest BCUT2D eigenvalue weighted by Crippen LogP contribution is -2.37. The Morgan fingerprint density at radius 3 is 2.57 bits per heavy atom. The normalized spacial score (nSPS) is 10.3. The molecule has 1 amide bonds. The zero-order valence-corrected chi connectivity index (χ0v) is 14.0. The van der Waals surface area contributed by atoms with E-state index in [0.29, 0.717) is 21.5 Å². The topological polar surface area (TPSA) is 64.8 Å². The standard InChI is InChI=1S/C16H16BrFN2O3/c1-2-22-16(21)20(19)13-5-7-14(8-6-13)23-10-11-3-4-12(17)9-15(11)18/h3-9H,2,10,19H2,1H3. The molecule has 7 heteroatoms. The first-order valence-electron chi connectivity index (χ1n) is 6.89. The molecule has 0 aliphatic carbocycles. The predicted molar refractivity (Wildman–Crippen MR) is 88.6 cm³/mol. The summed E-state index contributed by atoms with van der Waals surface area (Å²) in [4.78, 5) is 11.5. The van der Waals surface area contributed by atoms with Gasteiger partial charge in [-0.1, -0.05) is 22.0 Å². The van der Waals surface area contributed by atoms with Crippen molar-refractivity contribution in [2.45, 2.75) is 13.5 Å². The monoisotopic (exact) mass is 382 g/mol. The fourth-order valence-corrected chi connectivity index (χ4v) is 2.13. The Bertz CT molecular complexity index is 680. The molecular weight excluding hydrogens is 367 g/mol. The van der Waals surface area contributed by atoms with Gasteiger partial charge in [-0.15, -0.1) is 0 Å². The largest absolute Gasteiger partial charge is 0.489 e. The minimum Gasteiger partial charge on any atom is -0.489 e. The van der Waals surface area contributed by atoms with E-state index in [4.69, 9.17) is 15.3 Å². The number of hydrazine groups is 1. The third-order valence-corrected chi connectivity index (χ3v) is 3.48. The Hall–Kier alpha value is -2.12. The number of carbonyl (C=O) groups is 1. The van der Waals surface area contributed by atoms with E-state index in [1.807, 2.05) is 0 Å². The number of rotatable bonds is 5. The maximum absolute atomic E-state index is 13.7. The first-order chi connectivity index (χ1) is 11.0. The number of amides is 1. The molecule has 0 fully saturated rings. The number of carbonyl (C=O) groups excluding carboxylic acids is 1. The number of hydrogen-bond donors (Lipinski definition) is 1. The van der Waals surface area contributed by atoms with Gasteiger partial charge in [-0.2, -0.15) is 0 Å². The van der Waals surface area contributed by atoms with Crippen molar-refractivity contribution < 1.29 is 18.7 Å². The third kappa shape index (κ3) is 4.67. The van der Waals surface area contributed by atoms with Crippen molar-refractivity contribution in [1.82, 2.24) is 0 Å². The number of halogens is 2. The van der Waals surface area contributed by atoms with Gasteiger partial charge in [-0.25, -0.2) is 20.0 Å². The fraction of sp³-hybridized carbons (Fsp3) is 0.188. The van der Waals surface area contributed by atoms with Crippen LogP contribution in [0.25, 0.3) is 0 Å². The molecule has 0 aromatic heterocycles. The van der Waals surface area contributed by atoms with Crippen LogP contribution in [0.5, 0.6) is 5.75 Å². The number of nitrogens with zero attached hydrogens (tertiary/aromatic N) is 1. The van der Waals surface area contributed by atoms with E-state index in [-0.39, 0.29) is 19.0 Å². The molecule has 0 aliphatic heterocycles. The van der Waals surface area contributed by atoms with Gasteiger partial charge in [0.25, 0.3) is 0 Å². The molecule has 122 valence electrons. The molecule has 2 aromatic carbocycles. The Labute approximate surface area is 141 Å². The highest BCUT2D eigenvalue weighted by Gasteiger charge is 2.12. The second-order valence-electron chi connectivity index (χ2n) is 4.59. The van der Waals surface area contributed by atoms with Crippen molar-refractivity contribution in [3.8, 4) is 5.75 Å². The molecule has 2 rings (SSSR count). The molecule has 0 atom stereocenters. The van der Waals surface area contributed by atoms with Gasteiger partial charge in [0.1, 0.15) is 18.2 Å². The SMILES string of the molecule is CCOC(=O)N(N)c1ccc(OCc2ccc(Br)cc2F)cc1. The number of ether oxygens (including phenoxy) is 2. The molecule has 0 aliphatic rings. The molecule has 0 spiro atoms. The summed E-state index contributed by atoms with van der Waals surface area (Å²) >= 11 is 3.20. The van der Waals surface area contributed by atoms with Crippen molar-refractivity contribution >= 4 is 27.7 Å². The van der Waals surface area contributed by atoms with Crippen molar-refractivity contribution in [1.29, 1.82) is 0 Å². The highest BCUT2D eigenvalue weighted by Crippen LogP contribution is 2.21. The first-order valence-corrected chi connectivity index (χ1v) is 7.69. The van der Waals surface area contributed by atoms with Crippen LogP contribution in [0.2, 0.25) is 0 Å². The summed E-state index contributed by atoms with van der Waals surface area (Å²) in [6.45, 7) is 2.04. The van der Waals surface area contributed by atoms with Gasteiger partial charge < -0.3 is 9.47 Å². The van der Waals surface area contributed by atoms with Crippen LogP contribution in [-0.4, -0.2) is 12.7 Å². The van der Waals surface area contributed by atoms with Crippen LogP contribution in [0.4, 0.5) is 14.9 Å². The van der Waals surface area contributed by atoms with E-state index < -0.39 is 6.09 Å². The Balaban J connectivity index is 1.98. The highest BCUT2D eigenvalue weighted by atomic mass is 79.9. The Morgan fingerprint density at radius 2 is 1.96 bits per heavy atom. The van der Waals surface area contributed by atoms with E-state index in [9.17, 15) is 9.18 Å². The molecule has 2 N–H and O–H groups in total. The summed E-state index contributed by atoms with van der Waals surface area (Å²) in [5.41, 5.74) is 0.912. The second kappa shape index (κ2) is 7.94. The molecule has 0 radical (unpaired) electrons. The van der Waals surface area contributed by atoms with Crippen LogP contribution in [-0.2, 0) is 11.3 Å². The molecule has 0 heterocycles.